The van der Waals surface area contributed by atoms with Crippen LogP contribution in [-0.4, -0.2) is 27.8 Å². The number of para-hydroxylation sites is 1. The summed E-state index contributed by atoms with van der Waals surface area (Å²) in [5.41, 5.74) is 9.46. The lowest BCUT2D eigenvalue weighted by atomic mass is 9.75. The van der Waals surface area contributed by atoms with Crippen LogP contribution in [0.5, 0.6) is 0 Å². The van der Waals surface area contributed by atoms with Crippen molar-refractivity contribution in [3.63, 3.8) is 0 Å². The maximum atomic E-state index is 5.22. The van der Waals surface area contributed by atoms with Crippen molar-refractivity contribution in [3.8, 4) is 16.9 Å². The first-order chi connectivity index (χ1) is 23.0. The van der Waals surface area contributed by atoms with Gasteiger partial charge in [0.15, 0.2) is 0 Å². The smallest absolute Gasteiger partial charge is 0.202 e. The number of benzene rings is 4. The number of nitrogens with one attached hydrogen (secondary N) is 1. The number of allylic oxidation sites excluding steroid dienone is 4. The second-order valence-electron chi connectivity index (χ2n) is 13.5. The fraction of sp³-hybridized carbons (Fsp3) is 0.143. The van der Waals surface area contributed by atoms with E-state index in [0.717, 1.165) is 35.5 Å². The number of aromatic nitrogens is 4. The van der Waals surface area contributed by atoms with E-state index in [4.69, 9.17) is 4.98 Å². The van der Waals surface area contributed by atoms with E-state index in [0.29, 0.717) is 0 Å². The number of aromatic amines is 1. The Hall–Kier alpha value is -5.26. The number of pyridine rings is 1. The number of hydrogen-bond donors (Lipinski definition) is 1. The van der Waals surface area contributed by atoms with Gasteiger partial charge in [0, 0.05) is 44.6 Å². The molecule has 0 unspecified atom stereocenters. The van der Waals surface area contributed by atoms with Gasteiger partial charge < -0.3 is 4.57 Å². The van der Waals surface area contributed by atoms with Crippen LogP contribution in [0, 0.1) is 6.92 Å². The number of H-pyrrole nitrogens is 1. The molecule has 1 N–H and O–H groups in total. The largest absolute Gasteiger partial charge is 0.309 e. The topological polar surface area (TPSA) is 46.5 Å². The van der Waals surface area contributed by atoms with Crippen molar-refractivity contribution in [2.45, 2.75) is 39.0 Å². The number of rotatable bonds is 4. The molecule has 0 saturated carbocycles. The number of nitrogens with zero attached hydrogens (tertiary/aromatic N) is 3. The molecule has 4 aromatic carbocycles. The Balaban J connectivity index is 1.39. The Morgan fingerprint density at radius 3 is 2.40 bits per heavy atom. The second-order valence-corrected chi connectivity index (χ2v) is 17.2. The van der Waals surface area contributed by atoms with Crippen LogP contribution >= 0.6 is 0 Å². The molecule has 2 aliphatic rings. The molecule has 4 nitrogen and oxygen atoms in total. The lowest BCUT2D eigenvalue weighted by molar-refractivity contribution is 0.626. The number of aryl methyl sites for hydroxylation is 1. The van der Waals surface area contributed by atoms with E-state index in [-0.39, 0.29) is 5.41 Å². The Kier molecular flexibility index (Phi) is 6.18. The molecule has 0 radical (unpaired) electrons. The molecule has 7 aromatic rings. The van der Waals surface area contributed by atoms with Crippen LogP contribution in [0.1, 0.15) is 37.9 Å². The summed E-state index contributed by atoms with van der Waals surface area (Å²) < 4.78 is 2.45. The molecule has 1 aliphatic heterocycles. The van der Waals surface area contributed by atoms with Crippen LogP contribution in [0.25, 0.3) is 38.8 Å². The molecule has 3 aromatic heterocycles. The minimum atomic E-state index is -2.80. The van der Waals surface area contributed by atoms with E-state index in [1.807, 2.05) is 19.2 Å². The third-order valence-corrected chi connectivity index (χ3v) is 15.3. The molecule has 0 spiro atoms. The Morgan fingerprint density at radius 1 is 0.745 bits per heavy atom. The summed E-state index contributed by atoms with van der Waals surface area (Å²) >= 11 is 0. The lowest BCUT2D eigenvalue weighted by Gasteiger charge is -2.49. The van der Waals surface area contributed by atoms with Gasteiger partial charge in [-0.25, -0.2) is 0 Å². The first-order valence-corrected chi connectivity index (χ1v) is 18.6. The number of hydrogen-bond acceptors (Lipinski definition) is 2. The van der Waals surface area contributed by atoms with E-state index in [2.05, 4.69) is 150 Å². The Morgan fingerprint density at radius 2 is 1.55 bits per heavy atom. The molecular weight excluding hydrogens is 589 g/mol. The Bertz CT molecular complexity index is 2410. The van der Waals surface area contributed by atoms with Gasteiger partial charge in [-0.1, -0.05) is 98.8 Å². The van der Waals surface area contributed by atoms with Gasteiger partial charge >= 0.3 is 0 Å². The highest BCUT2D eigenvalue weighted by atomic mass is 28.3. The summed E-state index contributed by atoms with van der Waals surface area (Å²) in [6.45, 7) is 6.86. The number of fused-ring (bicyclic) bond motifs is 5. The van der Waals surface area contributed by atoms with Crippen LogP contribution in [0.2, 0.25) is 0 Å². The van der Waals surface area contributed by atoms with Crippen molar-refractivity contribution in [3.05, 3.63) is 156 Å². The van der Waals surface area contributed by atoms with Crippen LogP contribution in [0.4, 0.5) is 0 Å². The molecule has 9 rings (SSSR count). The van der Waals surface area contributed by atoms with Crippen LogP contribution in [0.15, 0.2) is 144 Å². The quantitative estimate of drug-likeness (QED) is 0.203. The zero-order valence-electron chi connectivity index (χ0n) is 27.0. The van der Waals surface area contributed by atoms with Crippen molar-refractivity contribution in [2.24, 2.45) is 0 Å². The van der Waals surface area contributed by atoms with Crippen molar-refractivity contribution >= 4 is 45.6 Å². The molecule has 4 heterocycles. The minimum absolute atomic E-state index is 0.0851. The highest BCUT2D eigenvalue weighted by Gasteiger charge is 2.54. The predicted molar refractivity (Wildman–Crippen MR) is 197 cm³/mol. The van der Waals surface area contributed by atoms with Gasteiger partial charge in [-0.3, -0.25) is 10.1 Å². The lowest BCUT2D eigenvalue weighted by Crippen LogP contribution is -2.73. The first-order valence-electron chi connectivity index (χ1n) is 16.6. The van der Waals surface area contributed by atoms with Crippen molar-refractivity contribution < 1.29 is 0 Å². The molecule has 1 aliphatic carbocycles. The SMILES string of the molecule is Cc1cc(-c2cccc(-n3c4ccccc4c4ccc([Si@]5(c6ccccn6)C6=CCCC=C6C(C)(C)c6ccccc65)cc43)c2)n[nH]1. The Labute approximate surface area is 276 Å². The fourth-order valence-corrected chi connectivity index (χ4v) is 13.9. The average Bonchev–Trinajstić information content (AvgIpc) is 3.70. The predicted octanol–water partition coefficient (Wildman–Crippen LogP) is 7.82. The van der Waals surface area contributed by atoms with Gasteiger partial charge in [-0.15, -0.1) is 0 Å². The summed E-state index contributed by atoms with van der Waals surface area (Å²) in [5, 5.41) is 15.7. The van der Waals surface area contributed by atoms with Gasteiger partial charge in [-0.2, -0.15) is 5.10 Å². The first kappa shape index (κ1) is 28.0. The van der Waals surface area contributed by atoms with Crippen molar-refractivity contribution in [2.75, 3.05) is 0 Å². The molecule has 47 heavy (non-hydrogen) atoms. The van der Waals surface area contributed by atoms with Crippen LogP contribution in [0.3, 0.4) is 0 Å². The van der Waals surface area contributed by atoms with Crippen LogP contribution < -0.4 is 15.7 Å². The minimum Gasteiger partial charge on any atom is -0.309 e. The van der Waals surface area contributed by atoms with Crippen molar-refractivity contribution in [1.82, 2.24) is 19.7 Å². The normalized spacial score (nSPS) is 18.4. The zero-order chi connectivity index (χ0) is 31.8. The van der Waals surface area contributed by atoms with Crippen LogP contribution in [-0.2, 0) is 5.41 Å². The molecule has 5 heteroatoms. The molecular formula is C42H36N4Si. The van der Waals surface area contributed by atoms with Crippen molar-refractivity contribution in [1.29, 1.82) is 0 Å². The van der Waals surface area contributed by atoms with Gasteiger partial charge in [0.1, 0.15) is 0 Å². The molecule has 228 valence electrons. The molecule has 0 bridgehead atoms. The maximum absolute atomic E-state index is 5.22. The summed E-state index contributed by atoms with van der Waals surface area (Å²) in [7, 11) is -2.80. The van der Waals surface area contributed by atoms with E-state index in [1.165, 1.54) is 53.8 Å². The third kappa shape index (κ3) is 3.99. The van der Waals surface area contributed by atoms with Gasteiger partial charge in [-0.05, 0) is 88.9 Å². The zero-order valence-corrected chi connectivity index (χ0v) is 28.0. The molecule has 0 saturated heterocycles. The standard InChI is InChI=1S/C42H36N4Si/c1-28-25-36(45-44-28)29-13-12-14-30(26-29)46-37-18-7-4-15-32(37)33-23-22-31(27-38(33)46)47(41-21-10-11-24-43-41)39-19-8-5-16-34(39)42(2,3)35-17-6-9-20-40(35)47/h4-5,7-8,10-27H,6,9H2,1-3H3,(H,44,45)/t47-/m1/s1. The van der Waals surface area contributed by atoms with E-state index >= 15 is 0 Å². The van der Waals surface area contributed by atoms with Gasteiger partial charge in [0.25, 0.3) is 0 Å². The van der Waals surface area contributed by atoms with E-state index < -0.39 is 8.07 Å². The van der Waals surface area contributed by atoms with Gasteiger partial charge in [0.2, 0.25) is 8.07 Å². The third-order valence-electron chi connectivity index (χ3n) is 10.5. The highest BCUT2D eigenvalue weighted by Crippen LogP contribution is 2.46. The maximum Gasteiger partial charge on any atom is 0.202 e. The molecule has 0 amide bonds. The summed E-state index contributed by atoms with van der Waals surface area (Å²) in [4.78, 5) is 5.22. The van der Waals surface area contributed by atoms with Gasteiger partial charge in [0.05, 0.1) is 16.7 Å². The summed E-state index contributed by atoms with van der Waals surface area (Å²) in [6.07, 6.45) is 9.20. The summed E-state index contributed by atoms with van der Waals surface area (Å²) in [5.74, 6) is 0. The fourth-order valence-electron chi connectivity index (χ4n) is 8.44. The molecule has 1 atom stereocenters. The summed E-state index contributed by atoms with van der Waals surface area (Å²) in [6, 6.07) is 42.7. The highest BCUT2D eigenvalue weighted by molar-refractivity contribution is 7.16. The van der Waals surface area contributed by atoms with E-state index in [9.17, 15) is 0 Å². The average molecular weight is 625 g/mol. The molecule has 0 fully saturated rings. The van der Waals surface area contributed by atoms with E-state index in [1.54, 1.807) is 0 Å². The monoisotopic (exact) mass is 624 g/mol. The second kappa shape index (κ2) is 10.4.